The Morgan fingerprint density at radius 1 is 1.33 bits per heavy atom. The molecule has 15 heavy (non-hydrogen) atoms. The zero-order chi connectivity index (χ0) is 11.4. The molecule has 0 radical (unpaired) electrons. The number of aliphatic hydroxyl groups excluding tert-OH is 2. The second-order valence-corrected chi connectivity index (χ2v) is 4.10. The van der Waals surface area contributed by atoms with Crippen molar-refractivity contribution >= 4 is 21.6 Å². The molecule has 84 valence electrons. The van der Waals surface area contributed by atoms with Gasteiger partial charge in [0.25, 0.3) is 0 Å². The van der Waals surface area contributed by atoms with E-state index in [1.165, 1.54) is 12.1 Å². The number of benzene rings is 1. The number of halogens is 1. The summed E-state index contributed by atoms with van der Waals surface area (Å²) >= 11 is 3.18. The lowest BCUT2D eigenvalue weighted by Gasteiger charge is -2.17. The molecule has 0 aliphatic rings. The number of nitrogen functional groups attached to an aromatic ring is 1. The number of aromatic hydroxyl groups is 1. The summed E-state index contributed by atoms with van der Waals surface area (Å²) in [5.74, 6) is -0.0856. The van der Waals surface area contributed by atoms with Crippen LogP contribution in [0, 0.1) is 0 Å². The van der Waals surface area contributed by atoms with E-state index < -0.39 is 12.2 Å². The molecule has 2 atom stereocenters. The van der Waals surface area contributed by atoms with Gasteiger partial charge in [-0.3, -0.25) is 0 Å². The standard InChI is InChI=1S/C10H14BrNO3/c11-4-3-8(13)10(15)6-1-2-7(12)9(14)5-6/h1-2,5,8,10,13-15H,3-4,12H2. The molecule has 2 unspecified atom stereocenters. The fraction of sp³-hybridized carbons (Fsp3) is 0.400. The average molecular weight is 276 g/mol. The highest BCUT2D eigenvalue weighted by atomic mass is 79.9. The van der Waals surface area contributed by atoms with Crippen molar-refractivity contribution in [2.24, 2.45) is 0 Å². The number of nitrogens with two attached hydrogens (primary N) is 1. The van der Waals surface area contributed by atoms with Gasteiger partial charge in [0.05, 0.1) is 11.8 Å². The number of alkyl halides is 1. The molecule has 0 amide bonds. The predicted molar refractivity (Wildman–Crippen MR) is 61.9 cm³/mol. The molecule has 0 bridgehead atoms. The monoisotopic (exact) mass is 275 g/mol. The second kappa shape index (κ2) is 5.34. The third kappa shape index (κ3) is 3.09. The van der Waals surface area contributed by atoms with Crippen LogP contribution in [-0.4, -0.2) is 26.8 Å². The van der Waals surface area contributed by atoms with E-state index in [-0.39, 0.29) is 11.4 Å². The number of hydrogen-bond donors (Lipinski definition) is 4. The zero-order valence-electron chi connectivity index (χ0n) is 8.10. The first kappa shape index (κ1) is 12.3. The van der Waals surface area contributed by atoms with E-state index in [2.05, 4.69) is 15.9 Å². The Kier molecular flexibility index (Phi) is 4.38. The normalized spacial score (nSPS) is 14.9. The summed E-state index contributed by atoms with van der Waals surface area (Å²) in [6.07, 6.45) is -1.42. The van der Waals surface area contributed by atoms with Crippen molar-refractivity contribution in [1.29, 1.82) is 0 Å². The minimum absolute atomic E-state index is 0.0856. The molecule has 0 heterocycles. The summed E-state index contributed by atoms with van der Waals surface area (Å²) in [7, 11) is 0. The van der Waals surface area contributed by atoms with Gasteiger partial charge in [-0.25, -0.2) is 0 Å². The lowest BCUT2D eigenvalue weighted by Crippen LogP contribution is -2.18. The quantitative estimate of drug-likeness (QED) is 0.377. The van der Waals surface area contributed by atoms with Gasteiger partial charge in [0.1, 0.15) is 11.9 Å². The molecule has 5 N–H and O–H groups in total. The molecule has 1 aromatic carbocycles. The first-order valence-electron chi connectivity index (χ1n) is 4.56. The number of anilines is 1. The summed E-state index contributed by atoms with van der Waals surface area (Å²) < 4.78 is 0. The van der Waals surface area contributed by atoms with E-state index in [4.69, 9.17) is 5.73 Å². The minimum atomic E-state index is -1.01. The van der Waals surface area contributed by atoms with Gasteiger partial charge < -0.3 is 21.1 Å². The summed E-state index contributed by atoms with van der Waals surface area (Å²) in [4.78, 5) is 0. The van der Waals surface area contributed by atoms with Crippen LogP contribution in [0.3, 0.4) is 0 Å². The van der Waals surface area contributed by atoms with Crippen LogP contribution in [0.25, 0.3) is 0 Å². The van der Waals surface area contributed by atoms with Crippen molar-refractivity contribution in [1.82, 2.24) is 0 Å². The molecule has 0 saturated carbocycles. The van der Waals surface area contributed by atoms with Gasteiger partial charge in [-0.1, -0.05) is 22.0 Å². The topological polar surface area (TPSA) is 86.7 Å². The maximum Gasteiger partial charge on any atom is 0.138 e. The van der Waals surface area contributed by atoms with Crippen molar-refractivity contribution < 1.29 is 15.3 Å². The molecule has 0 saturated heterocycles. The number of phenolic OH excluding ortho intramolecular Hbond substituents is 1. The minimum Gasteiger partial charge on any atom is -0.506 e. The molecular weight excluding hydrogens is 262 g/mol. The molecule has 1 aromatic rings. The average Bonchev–Trinajstić information content (AvgIpc) is 2.21. The van der Waals surface area contributed by atoms with Gasteiger partial charge in [-0.05, 0) is 24.1 Å². The zero-order valence-corrected chi connectivity index (χ0v) is 9.68. The van der Waals surface area contributed by atoms with Crippen LogP contribution in [0.5, 0.6) is 5.75 Å². The highest BCUT2D eigenvalue weighted by molar-refractivity contribution is 9.09. The number of rotatable bonds is 4. The third-order valence-electron chi connectivity index (χ3n) is 2.17. The summed E-state index contributed by atoms with van der Waals surface area (Å²) in [6.45, 7) is 0. The predicted octanol–water partition coefficient (Wildman–Crippen LogP) is 1.15. The molecule has 0 aliphatic heterocycles. The van der Waals surface area contributed by atoms with E-state index in [1.807, 2.05) is 0 Å². The summed E-state index contributed by atoms with van der Waals surface area (Å²) in [6, 6.07) is 4.43. The van der Waals surface area contributed by atoms with Crippen molar-refractivity contribution in [3.8, 4) is 5.75 Å². The third-order valence-corrected chi connectivity index (χ3v) is 2.62. The van der Waals surface area contributed by atoms with E-state index >= 15 is 0 Å². The molecular formula is C10H14BrNO3. The van der Waals surface area contributed by atoms with Gasteiger partial charge >= 0.3 is 0 Å². The Labute approximate surface area is 96.5 Å². The highest BCUT2D eigenvalue weighted by Crippen LogP contribution is 2.26. The summed E-state index contributed by atoms with van der Waals surface area (Å²) in [5, 5.41) is 29.2. The Morgan fingerprint density at radius 2 is 2.00 bits per heavy atom. The lowest BCUT2D eigenvalue weighted by molar-refractivity contribution is 0.0173. The van der Waals surface area contributed by atoms with E-state index in [9.17, 15) is 15.3 Å². The van der Waals surface area contributed by atoms with Crippen LogP contribution >= 0.6 is 15.9 Å². The Hall–Kier alpha value is -0.780. The van der Waals surface area contributed by atoms with Gasteiger partial charge in [-0.2, -0.15) is 0 Å². The van der Waals surface area contributed by atoms with Crippen molar-refractivity contribution in [3.05, 3.63) is 23.8 Å². The first-order chi connectivity index (χ1) is 7.06. The highest BCUT2D eigenvalue weighted by Gasteiger charge is 2.18. The van der Waals surface area contributed by atoms with Gasteiger partial charge in [0.2, 0.25) is 0 Å². The molecule has 4 nitrogen and oxygen atoms in total. The molecule has 0 aromatic heterocycles. The fourth-order valence-corrected chi connectivity index (χ4v) is 1.71. The van der Waals surface area contributed by atoms with Crippen LogP contribution in [-0.2, 0) is 0 Å². The van der Waals surface area contributed by atoms with Gasteiger partial charge in [0.15, 0.2) is 0 Å². The van der Waals surface area contributed by atoms with E-state index in [0.29, 0.717) is 17.3 Å². The fourth-order valence-electron chi connectivity index (χ4n) is 1.24. The smallest absolute Gasteiger partial charge is 0.138 e. The number of aliphatic hydroxyl groups is 2. The Bertz CT molecular complexity index is 332. The largest absolute Gasteiger partial charge is 0.506 e. The lowest BCUT2D eigenvalue weighted by atomic mass is 10.0. The Balaban J connectivity index is 2.81. The molecule has 5 heteroatoms. The second-order valence-electron chi connectivity index (χ2n) is 3.31. The SMILES string of the molecule is Nc1ccc(C(O)C(O)CCBr)cc1O. The van der Waals surface area contributed by atoms with E-state index in [0.717, 1.165) is 0 Å². The van der Waals surface area contributed by atoms with Crippen molar-refractivity contribution in [3.63, 3.8) is 0 Å². The van der Waals surface area contributed by atoms with E-state index in [1.54, 1.807) is 6.07 Å². The summed E-state index contributed by atoms with van der Waals surface area (Å²) in [5.41, 5.74) is 6.13. The van der Waals surface area contributed by atoms with Crippen molar-refractivity contribution in [2.75, 3.05) is 11.1 Å². The van der Waals surface area contributed by atoms with Gasteiger partial charge in [0, 0.05) is 5.33 Å². The van der Waals surface area contributed by atoms with Crippen LogP contribution in [0.2, 0.25) is 0 Å². The van der Waals surface area contributed by atoms with Crippen LogP contribution in [0.1, 0.15) is 18.1 Å². The van der Waals surface area contributed by atoms with Crippen LogP contribution in [0.15, 0.2) is 18.2 Å². The van der Waals surface area contributed by atoms with Crippen molar-refractivity contribution in [2.45, 2.75) is 18.6 Å². The Morgan fingerprint density at radius 3 is 2.53 bits per heavy atom. The first-order valence-corrected chi connectivity index (χ1v) is 5.69. The molecule has 0 aliphatic carbocycles. The molecule has 1 rings (SSSR count). The molecule has 0 fully saturated rings. The van der Waals surface area contributed by atoms with Crippen LogP contribution < -0.4 is 5.73 Å². The maximum atomic E-state index is 9.71. The maximum absolute atomic E-state index is 9.71. The molecule has 0 spiro atoms. The van der Waals surface area contributed by atoms with Gasteiger partial charge in [-0.15, -0.1) is 0 Å². The number of phenols is 1. The number of hydrogen-bond acceptors (Lipinski definition) is 4. The van der Waals surface area contributed by atoms with Crippen LogP contribution in [0.4, 0.5) is 5.69 Å².